The van der Waals surface area contributed by atoms with Crippen LogP contribution in [0.2, 0.25) is 0 Å². The molecule has 112 valence electrons. The SMILES string of the molecule is COC(=O)c1cnc([C@H](O)C(N)CC2CCCCC2)s1. The lowest BCUT2D eigenvalue weighted by Crippen LogP contribution is -2.31. The van der Waals surface area contributed by atoms with Crippen molar-refractivity contribution in [2.75, 3.05) is 7.11 Å². The number of ether oxygens (including phenoxy) is 1. The molecule has 0 saturated heterocycles. The van der Waals surface area contributed by atoms with E-state index in [0.29, 0.717) is 15.8 Å². The van der Waals surface area contributed by atoms with Crippen molar-refractivity contribution in [2.45, 2.75) is 50.7 Å². The number of esters is 1. The number of carbonyl (C=O) groups excluding carboxylic acids is 1. The molecule has 1 aliphatic rings. The van der Waals surface area contributed by atoms with Gasteiger partial charge in [0.25, 0.3) is 0 Å². The fourth-order valence-electron chi connectivity index (χ4n) is 2.74. The third-order valence-corrected chi connectivity index (χ3v) is 4.95. The van der Waals surface area contributed by atoms with E-state index in [4.69, 9.17) is 5.73 Å². The zero-order valence-corrected chi connectivity index (χ0v) is 12.6. The van der Waals surface area contributed by atoms with Crippen LogP contribution in [0, 0.1) is 5.92 Å². The molecule has 0 amide bonds. The molecule has 5 nitrogen and oxygen atoms in total. The maximum atomic E-state index is 11.4. The summed E-state index contributed by atoms with van der Waals surface area (Å²) < 4.78 is 4.63. The van der Waals surface area contributed by atoms with E-state index in [2.05, 4.69) is 9.72 Å². The molecule has 1 aromatic heterocycles. The van der Waals surface area contributed by atoms with Crippen molar-refractivity contribution in [3.05, 3.63) is 16.1 Å². The van der Waals surface area contributed by atoms with Crippen LogP contribution >= 0.6 is 11.3 Å². The average Bonchev–Trinajstić information content (AvgIpc) is 2.96. The van der Waals surface area contributed by atoms with Crippen LogP contribution in [0.25, 0.3) is 0 Å². The maximum Gasteiger partial charge on any atom is 0.349 e. The number of hydrogen-bond acceptors (Lipinski definition) is 6. The Morgan fingerprint density at radius 3 is 2.90 bits per heavy atom. The van der Waals surface area contributed by atoms with Gasteiger partial charge >= 0.3 is 5.97 Å². The van der Waals surface area contributed by atoms with Crippen LogP contribution in [0.4, 0.5) is 0 Å². The summed E-state index contributed by atoms with van der Waals surface area (Å²) in [6.45, 7) is 0. The summed E-state index contributed by atoms with van der Waals surface area (Å²) in [5.41, 5.74) is 6.10. The Bertz CT molecular complexity index is 443. The highest BCUT2D eigenvalue weighted by molar-refractivity contribution is 7.13. The molecular weight excluding hydrogens is 276 g/mol. The van der Waals surface area contributed by atoms with E-state index in [1.807, 2.05) is 0 Å². The Hall–Kier alpha value is -0.980. The van der Waals surface area contributed by atoms with Gasteiger partial charge in [-0.05, 0) is 12.3 Å². The second-order valence-corrected chi connectivity index (χ2v) is 6.46. The largest absolute Gasteiger partial charge is 0.465 e. The average molecular weight is 298 g/mol. The summed E-state index contributed by atoms with van der Waals surface area (Å²) in [5, 5.41) is 10.8. The summed E-state index contributed by atoms with van der Waals surface area (Å²) >= 11 is 1.15. The molecular formula is C14H22N2O3S. The molecule has 2 rings (SSSR count). The Labute approximate surface area is 123 Å². The van der Waals surface area contributed by atoms with Gasteiger partial charge in [0.15, 0.2) is 0 Å². The molecule has 6 heteroatoms. The third kappa shape index (κ3) is 3.77. The van der Waals surface area contributed by atoms with Crippen molar-refractivity contribution in [3.63, 3.8) is 0 Å². The molecule has 1 unspecified atom stereocenters. The van der Waals surface area contributed by atoms with Gasteiger partial charge in [0.2, 0.25) is 0 Å². The Morgan fingerprint density at radius 2 is 2.25 bits per heavy atom. The van der Waals surface area contributed by atoms with Gasteiger partial charge in [-0.2, -0.15) is 0 Å². The highest BCUT2D eigenvalue weighted by Gasteiger charge is 2.25. The van der Waals surface area contributed by atoms with Crippen LogP contribution in [0.5, 0.6) is 0 Å². The number of nitrogens with zero attached hydrogens (tertiary/aromatic N) is 1. The first-order chi connectivity index (χ1) is 9.61. The lowest BCUT2D eigenvalue weighted by molar-refractivity contribution is 0.0606. The fraction of sp³-hybridized carbons (Fsp3) is 0.714. The quantitative estimate of drug-likeness (QED) is 0.814. The normalized spacial score (nSPS) is 19.6. The van der Waals surface area contributed by atoms with E-state index in [-0.39, 0.29) is 6.04 Å². The zero-order valence-electron chi connectivity index (χ0n) is 11.7. The fourth-order valence-corrected chi connectivity index (χ4v) is 3.64. The van der Waals surface area contributed by atoms with E-state index in [0.717, 1.165) is 17.8 Å². The number of nitrogens with two attached hydrogens (primary N) is 1. The monoisotopic (exact) mass is 298 g/mol. The number of hydrogen-bond donors (Lipinski definition) is 2. The minimum absolute atomic E-state index is 0.324. The minimum Gasteiger partial charge on any atom is -0.465 e. The summed E-state index contributed by atoms with van der Waals surface area (Å²) in [6.07, 6.45) is 7.67. The van der Waals surface area contributed by atoms with Crippen LogP contribution in [0.1, 0.15) is 59.3 Å². The first-order valence-corrected chi connectivity index (χ1v) is 7.91. The second-order valence-electron chi connectivity index (χ2n) is 5.40. The van der Waals surface area contributed by atoms with Crippen molar-refractivity contribution >= 4 is 17.3 Å². The predicted molar refractivity (Wildman–Crippen MR) is 77.6 cm³/mol. The van der Waals surface area contributed by atoms with E-state index in [9.17, 15) is 9.90 Å². The zero-order chi connectivity index (χ0) is 14.5. The van der Waals surface area contributed by atoms with E-state index in [1.54, 1.807) is 0 Å². The molecule has 2 atom stereocenters. The van der Waals surface area contributed by atoms with Crippen molar-refractivity contribution in [1.82, 2.24) is 4.98 Å². The molecule has 0 aromatic carbocycles. The Morgan fingerprint density at radius 1 is 1.55 bits per heavy atom. The molecule has 0 bridgehead atoms. The number of aliphatic hydroxyl groups excluding tert-OH is 1. The molecule has 0 aliphatic heterocycles. The molecule has 0 spiro atoms. The minimum atomic E-state index is -0.805. The van der Waals surface area contributed by atoms with Crippen LogP contribution in [-0.2, 0) is 4.74 Å². The first kappa shape index (κ1) is 15.4. The van der Waals surface area contributed by atoms with Gasteiger partial charge < -0.3 is 15.6 Å². The van der Waals surface area contributed by atoms with Gasteiger partial charge in [-0.1, -0.05) is 32.1 Å². The molecule has 1 heterocycles. The summed E-state index contributed by atoms with van der Waals surface area (Å²) in [4.78, 5) is 15.9. The number of aliphatic hydroxyl groups is 1. The van der Waals surface area contributed by atoms with Crippen molar-refractivity contribution in [1.29, 1.82) is 0 Å². The van der Waals surface area contributed by atoms with E-state index < -0.39 is 12.1 Å². The predicted octanol–water partition coefficient (Wildman–Crippen LogP) is 2.26. The van der Waals surface area contributed by atoms with Crippen molar-refractivity contribution in [2.24, 2.45) is 11.7 Å². The van der Waals surface area contributed by atoms with Crippen LogP contribution in [0.3, 0.4) is 0 Å². The Balaban J connectivity index is 1.93. The van der Waals surface area contributed by atoms with Crippen LogP contribution < -0.4 is 5.73 Å². The Kier molecular flexibility index (Phi) is 5.51. The van der Waals surface area contributed by atoms with Crippen LogP contribution in [0.15, 0.2) is 6.20 Å². The molecule has 1 saturated carbocycles. The number of carbonyl (C=O) groups is 1. The standard InChI is InChI=1S/C14H22N2O3S/c1-19-14(18)11-8-16-13(20-11)12(17)10(15)7-9-5-3-2-4-6-9/h8-10,12,17H,2-7,15H2,1H3/t10?,12-/m1/s1. The number of aromatic nitrogens is 1. The van der Waals surface area contributed by atoms with Gasteiger partial charge in [0, 0.05) is 6.04 Å². The molecule has 3 N–H and O–H groups in total. The van der Waals surface area contributed by atoms with Gasteiger partial charge in [0.1, 0.15) is 16.0 Å². The number of thiazole rings is 1. The van der Waals surface area contributed by atoms with E-state index >= 15 is 0 Å². The molecule has 1 aromatic rings. The highest BCUT2D eigenvalue weighted by Crippen LogP contribution is 2.31. The van der Waals surface area contributed by atoms with Gasteiger partial charge in [-0.25, -0.2) is 9.78 Å². The maximum absolute atomic E-state index is 11.4. The van der Waals surface area contributed by atoms with Crippen molar-refractivity contribution < 1.29 is 14.6 Å². The molecule has 20 heavy (non-hydrogen) atoms. The smallest absolute Gasteiger partial charge is 0.349 e. The highest BCUT2D eigenvalue weighted by atomic mass is 32.1. The van der Waals surface area contributed by atoms with Gasteiger partial charge in [0.05, 0.1) is 13.3 Å². The van der Waals surface area contributed by atoms with Gasteiger partial charge in [-0.15, -0.1) is 11.3 Å². The first-order valence-electron chi connectivity index (χ1n) is 7.09. The lowest BCUT2D eigenvalue weighted by atomic mass is 9.84. The van der Waals surface area contributed by atoms with E-state index in [1.165, 1.54) is 45.4 Å². The third-order valence-electron chi connectivity index (χ3n) is 3.90. The van der Waals surface area contributed by atoms with Crippen molar-refractivity contribution in [3.8, 4) is 0 Å². The lowest BCUT2D eigenvalue weighted by Gasteiger charge is -2.26. The summed E-state index contributed by atoms with van der Waals surface area (Å²) in [7, 11) is 1.33. The number of rotatable bonds is 5. The summed E-state index contributed by atoms with van der Waals surface area (Å²) in [5.74, 6) is 0.176. The molecule has 1 aliphatic carbocycles. The molecule has 1 fully saturated rings. The molecule has 0 radical (unpaired) electrons. The summed E-state index contributed by atoms with van der Waals surface area (Å²) in [6, 6.07) is -0.324. The van der Waals surface area contributed by atoms with Gasteiger partial charge in [-0.3, -0.25) is 0 Å². The number of methoxy groups -OCH3 is 1. The second kappa shape index (κ2) is 7.15. The van der Waals surface area contributed by atoms with Crippen LogP contribution in [-0.4, -0.2) is 29.2 Å². The topological polar surface area (TPSA) is 85.4 Å².